The van der Waals surface area contributed by atoms with Crippen molar-refractivity contribution in [2.45, 2.75) is 32.5 Å². The first-order valence-corrected chi connectivity index (χ1v) is 10.8. The fourth-order valence-electron chi connectivity index (χ4n) is 4.23. The van der Waals surface area contributed by atoms with Crippen molar-refractivity contribution in [3.63, 3.8) is 0 Å². The molecule has 1 heterocycles. The molecule has 1 aliphatic rings. The molecule has 0 radical (unpaired) electrons. The van der Waals surface area contributed by atoms with Crippen molar-refractivity contribution in [1.29, 1.82) is 0 Å². The number of alkyl halides is 3. The molecule has 0 aromatic heterocycles. The van der Waals surface area contributed by atoms with Crippen LogP contribution in [0.4, 0.5) is 30.2 Å². The molecule has 3 aromatic rings. The first-order valence-electron chi connectivity index (χ1n) is 10.8. The fourth-order valence-corrected chi connectivity index (χ4v) is 4.23. The summed E-state index contributed by atoms with van der Waals surface area (Å²) in [7, 11) is 0. The largest absolute Gasteiger partial charge is 0.416 e. The predicted octanol–water partition coefficient (Wildman–Crippen LogP) is 5.32. The number of fused-ring (bicyclic) bond motifs is 1. The second-order valence-electron chi connectivity index (χ2n) is 8.07. The highest BCUT2D eigenvalue weighted by Crippen LogP contribution is 2.44. The smallest absolute Gasteiger partial charge is 0.392 e. The van der Waals surface area contributed by atoms with Crippen LogP contribution in [0.5, 0.6) is 0 Å². The normalized spacial score (nSPS) is 16.5. The van der Waals surface area contributed by atoms with E-state index < -0.39 is 29.5 Å². The fraction of sp³-hybridized carbons (Fsp3) is 0.231. The van der Waals surface area contributed by atoms with Crippen LogP contribution in [-0.4, -0.2) is 23.5 Å². The summed E-state index contributed by atoms with van der Waals surface area (Å²) in [6.45, 7) is 3.38. The first kappa shape index (κ1) is 23.5. The highest BCUT2D eigenvalue weighted by molar-refractivity contribution is 6.23. The van der Waals surface area contributed by atoms with Gasteiger partial charge < -0.3 is 10.0 Å². The lowest BCUT2D eigenvalue weighted by Gasteiger charge is -2.26. The van der Waals surface area contributed by atoms with Gasteiger partial charge in [-0.05, 0) is 60.9 Å². The zero-order valence-corrected chi connectivity index (χ0v) is 18.6. The zero-order valence-electron chi connectivity index (χ0n) is 18.6. The molecule has 4 rings (SSSR count). The number of anilines is 3. The Morgan fingerprint density at radius 3 is 2.24 bits per heavy atom. The van der Waals surface area contributed by atoms with Crippen LogP contribution in [0.25, 0.3) is 0 Å². The van der Waals surface area contributed by atoms with E-state index in [2.05, 4.69) is 0 Å². The number of aliphatic hydroxyl groups is 1. The summed E-state index contributed by atoms with van der Waals surface area (Å²) in [5.74, 6) is -2.51. The van der Waals surface area contributed by atoms with Gasteiger partial charge in [0.2, 0.25) is 11.8 Å². The second-order valence-corrected chi connectivity index (χ2v) is 8.07. The molecular weight excluding hydrogens is 445 g/mol. The number of likely N-dealkylation sites (N-methyl/N-ethyl adjacent to an activating group) is 1. The number of amides is 2. The maximum atomic E-state index is 14.0. The van der Waals surface area contributed by atoms with Gasteiger partial charge in [-0.25, -0.2) is 0 Å². The van der Waals surface area contributed by atoms with Crippen LogP contribution < -0.4 is 9.80 Å². The van der Waals surface area contributed by atoms with Gasteiger partial charge in [-0.2, -0.15) is 13.2 Å². The van der Waals surface area contributed by atoms with Crippen LogP contribution in [0.2, 0.25) is 0 Å². The number of hydrogen-bond donors (Lipinski definition) is 1. The lowest BCUT2D eigenvalue weighted by atomic mass is 9.93. The second kappa shape index (κ2) is 8.95. The molecule has 176 valence electrons. The van der Waals surface area contributed by atoms with E-state index in [1.54, 1.807) is 62.4 Å². The Morgan fingerprint density at radius 2 is 1.62 bits per heavy atom. The molecule has 5 nitrogen and oxygen atoms in total. The molecule has 1 N–H and O–H groups in total. The lowest BCUT2D eigenvalue weighted by Crippen LogP contribution is -2.39. The van der Waals surface area contributed by atoms with Crippen molar-refractivity contribution < 1.29 is 27.9 Å². The minimum absolute atomic E-state index is 0.0155. The van der Waals surface area contributed by atoms with Crippen LogP contribution >= 0.6 is 0 Å². The van der Waals surface area contributed by atoms with Crippen LogP contribution in [0.1, 0.15) is 35.1 Å². The monoisotopic (exact) mass is 468 g/mol. The average molecular weight is 468 g/mol. The number of halogens is 3. The third kappa shape index (κ3) is 4.05. The Kier molecular flexibility index (Phi) is 6.18. The van der Waals surface area contributed by atoms with Crippen molar-refractivity contribution in [2.75, 3.05) is 16.3 Å². The number of nitrogens with zero attached hydrogens (tertiary/aromatic N) is 2. The summed E-state index contributed by atoms with van der Waals surface area (Å²) < 4.78 is 40.8. The van der Waals surface area contributed by atoms with E-state index >= 15 is 0 Å². The maximum Gasteiger partial charge on any atom is 0.416 e. The van der Waals surface area contributed by atoms with Crippen LogP contribution in [0.15, 0.2) is 66.7 Å². The first-order chi connectivity index (χ1) is 16.2. The summed E-state index contributed by atoms with van der Waals surface area (Å²) in [6, 6.07) is 16.3. The molecule has 8 heteroatoms. The van der Waals surface area contributed by atoms with Gasteiger partial charge in [0.15, 0.2) is 0 Å². The number of carbonyl (C=O) groups excluding carboxylic acids is 2. The number of para-hydroxylation sites is 1. The van der Waals surface area contributed by atoms with Gasteiger partial charge in [0.1, 0.15) is 5.92 Å². The molecule has 0 aliphatic carbocycles. The van der Waals surface area contributed by atoms with Gasteiger partial charge in [-0.3, -0.25) is 14.5 Å². The van der Waals surface area contributed by atoms with Crippen molar-refractivity contribution in [2.24, 2.45) is 0 Å². The standard InChI is InChI=1S/C26H23F3N2O3/c1-3-30-21-12-11-19(26(27,28)29)14-22(21)31(20-7-5-4-6-8-20)25(34)23(24(30)33)17-10-9-16(2)18(13-17)15-32/h4-14,23,32H,3,15H2,1-2H3. The Hall–Kier alpha value is -3.65. The van der Waals surface area contributed by atoms with Gasteiger partial charge in [0.25, 0.3) is 0 Å². The Labute approximate surface area is 195 Å². The van der Waals surface area contributed by atoms with E-state index in [0.29, 0.717) is 16.8 Å². The molecule has 0 fully saturated rings. The molecule has 3 aromatic carbocycles. The highest BCUT2D eigenvalue weighted by atomic mass is 19.4. The molecule has 0 saturated carbocycles. The molecule has 1 aliphatic heterocycles. The average Bonchev–Trinajstić information content (AvgIpc) is 2.90. The number of carbonyl (C=O) groups is 2. The quantitative estimate of drug-likeness (QED) is 0.527. The van der Waals surface area contributed by atoms with Gasteiger partial charge in [0, 0.05) is 12.2 Å². The summed E-state index contributed by atoms with van der Waals surface area (Å²) in [5, 5.41) is 9.71. The third-order valence-electron chi connectivity index (χ3n) is 6.02. The van der Waals surface area contributed by atoms with Gasteiger partial charge in [-0.15, -0.1) is 0 Å². The maximum absolute atomic E-state index is 14.0. The minimum Gasteiger partial charge on any atom is -0.392 e. The summed E-state index contributed by atoms with van der Waals surface area (Å²) in [5.41, 5.74) is 1.36. The van der Waals surface area contributed by atoms with E-state index in [1.165, 1.54) is 15.9 Å². The molecule has 1 unspecified atom stereocenters. The zero-order chi connectivity index (χ0) is 24.6. The number of benzene rings is 3. The molecular formula is C26H23F3N2O3. The molecule has 0 saturated heterocycles. The molecule has 0 spiro atoms. The van der Waals surface area contributed by atoms with Gasteiger partial charge in [-0.1, -0.05) is 36.4 Å². The number of aliphatic hydroxyl groups excluding tert-OH is 1. The van der Waals surface area contributed by atoms with E-state index in [4.69, 9.17) is 0 Å². The lowest BCUT2D eigenvalue weighted by molar-refractivity contribution is -0.137. The number of aryl methyl sites for hydroxylation is 1. The van der Waals surface area contributed by atoms with Crippen molar-refractivity contribution in [3.05, 3.63) is 89.0 Å². The highest BCUT2D eigenvalue weighted by Gasteiger charge is 2.43. The van der Waals surface area contributed by atoms with Crippen LogP contribution in [-0.2, 0) is 22.4 Å². The topological polar surface area (TPSA) is 60.9 Å². The minimum atomic E-state index is -4.62. The summed E-state index contributed by atoms with van der Waals surface area (Å²) in [4.78, 5) is 30.2. The van der Waals surface area contributed by atoms with Crippen molar-refractivity contribution in [1.82, 2.24) is 0 Å². The van der Waals surface area contributed by atoms with Gasteiger partial charge >= 0.3 is 6.18 Å². The summed E-state index contributed by atoms with van der Waals surface area (Å²) in [6.07, 6.45) is -4.62. The van der Waals surface area contributed by atoms with E-state index in [-0.39, 0.29) is 24.5 Å². The van der Waals surface area contributed by atoms with E-state index in [0.717, 1.165) is 17.7 Å². The molecule has 0 bridgehead atoms. The SMILES string of the molecule is CCN1C(=O)C(c2ccc(C)c(CO)c2)C(=O)N(c2ccccc2)c2cc(C(F)(F)F)ccc21. The van der Waals surface area contributed by atoms with Crippen molar-refractivity contribution in [3.8, 4) is 0 Å². The van der Waals surface area contributed by atoms with Crippen LogP contribution in [0.3, 0.4) is 0 Å². The van der Waals surface area contributed by atoms with Gasteiger partial charge in [0.05, 0.1) is 23.5 Å². The number of hydrogen-bond acceptors (Lipinski definition) is 3. The van der Waals surface area contributed by atoms with E-state index in [1.807, 2.05) is 0 Å². The van der Waals surface area contributed by atoms with Crippen molar-refractivity contribution >= 4 is 28.9 Å². The Bertz CT molecular complexity index is 1240. The third-order valence-corrected chi connectivity index (χ3v) is 6.02. The Balaban J connectivity index is 1.99. The Morgan fingerprint density at radius 1 is 0.912 bits per heavy atom. The summed E-state index contributed by atoms with van der Waals surface area (Å²) >= 11 is 0. The number of rotatable bonds is 4. The molecule has 2 amide bonds. The van der Waals surface area contributed by atoms with E-state index in [9.17, 15) is 27.9 Å². The predicted molar refractivity (Wildman–Crippen MR) is 123 cm³/mol. The van der Waals surface area contributed by atoms with Crippen LogP contribution in [0, 0.1) is 6.92 Å². The molecule has 34 heavy (non-hydrogen) atoms. The molecule has 1 atom stereocenters.